The van der Waals surface area contributed by atoms with E-state index in [0.717, 1.165) is 30.5 Å². The number of thiazole rings is 1. The Morgan fingerprint density at radius 2 is 1.82 bits per heavy atom. The Morgan fingerprint density at radius 1 is 1.04 bits per heavy atom. The smallest absolute Gasteiger partial charge is 0.273 e. The van der Waals surface area contributed by atoms with Gasteiger partial charge in [0.05, 0.1) is 12.2 Å². The first-order valence-corrected chi connectivity index (χ1v) is 10.7. The van der Waals surface area contributed by atoms with Crippen LogP contribution in [0, 0.1) is 0 Å². The quantitative estimate of drug-likeness (QED) is 0.851. The molecule has 0 saturated heterocycles. The fourth-order valence-electron chi connectivity index (χ4n) is 3.57. The standard InChI is InChI=1S/C21H24N4O2S/c26-19-13-12-17(24-25(19)14-15-8-4-3-5-9-15)20(27)23-21-22-16-10-6-1-2-7-11-18(16)28-21/h3-5,8-9H,1-2,6-7,10-14H2,(H,22,23,27). The maximum Gasteiger partial charge on any atom is 0.273 e. The number of rotatable bonds is 4. The van der Waals surface area contributed by atoms with E-state index in [0.29, 0.717) is 30.2 Å². The largest absolute Gasteiger partial charge is 0.297 e. The Hall–Kier alpha value is -2.54. The fraction of sp³-hybridized carbons (Fsp3) is 0.429. The molecule has 6 nitrogen and oxygen atoms in total. The molecule has 0 bridgehead atoms. The van der Waals surface area contributed by atoms with Crippen molar-refractivity contribution in [1.29, 1.82) is 0 Å². The summed E-state index contributed by atoms with van der Waals surface area (Å²) in [5.41, 5.74) is 2.51. The van der Waals surface area contributed by atoms with Crippen LogP contribution in [0.4, 0.5) is 5.13 Å². The first kappa shape index (κ1) is 18.8. The first-order valence-electron chi connectivity index (χ1n) is 9.91. The topological polar surface area (TPSA) is 74.7 Å². The highest BCUT2D eigenvalue weighted by Gasteiger charge is 2.25. The van der Waals surface area contributed by atoms with Crippen molar-refractivity contribution in [3.05, 3.63) is 46.5 Å². The second-order valence-corrected chi connectivity index (χ2v) is 8.32. The number of carbonyl (C=O) groups is 2. The summed E-state index contributed by atoms with van der Waals surface area (Å²) in [7, 11) is 0. The van der Waals surface area contributed by atoms with Gasteiger partial charge in [0.25, 0.3) is 5.91 Å². The van der Waals surface area contributed by atoms with Crippen molar-refractivity contribution >= 4 is 34.0 Å². The predicted molar refractivity (Wildman–Crippen MR) is 110 cm³/mol. The number of hydrazone groups is 1. The van der Waals surface area contributed by atoms with Crippen LogP contribution in [0.3, 0.4) is 0 Å². The third-order valence-corrected chi connectivity index (χ3v) is 6.18. The molecule has 4 rings (SSSR count). The van der Waals surface area contributed by atoms with Gasteiger partial charge in [-0.15, -0.1) is 11.3 Å². The van der Waals surface area contributed by atoms with E-state index in [-0.39, 0.29) is 11.8 Å². The van der Waals surface area contributed by atoms with Crippen molar-refractivity contribution in [3.8, 4) is 0 Å². The number of nitrogens with zero attached hydrogens (tertiary/aromatic N) is 3. The van der Waals surface area contributed by atoms with Gasteiger partial charge in [0.1, 0.15) is 5.71 Å². The molecular formula is C21H24N4O2S. The van der Waals surface area contributed by atoms with E-state index < -0.39 is 0 Å². The molecule has 0 spiro atoms. The number of hydrogen-bond donors (Lipinski definition) is 1. The number of amides is 2. The third kappa shape index (κ3) is 4.47. The van der Waals surface area contributed by atoms with Crippen LogP contribution in [0.5, 0.6) is 0 Å². The summed E-state index contributed by atoms with van der Waals surface area (Å²) in [6, 6.07) is 9.68. The summed E-state index contributed by atoms with van der Waals surface area (Å²) in [6.07, 6.45) is 7.56. The highest BCUT2D eigenvalue weighted by molar-refractivity contribution is 7.16. The van der Waals surface area contributed by atoms with Gasteiger partial charge in [-0.3, -0.25) is 14.9 Å². The number of anilines is 1. The van der Waals surface area contributed by atoms with Gasteiger partial charge < -0.3 is 0 Å². The Morgan fingerprint density at radius 3 is 2.64 bits per heavy atom. The van der Waals surface area contributed by atoms with Gasteiger partial charge in [-0.1, -0.05) is 43.2 Å². The molecule has 1 aliphatic carbocycles. The van der Waals surface area contributed by atoms with Crippen LogP contribution in [-0.2, 0) is 29.0 Å². The maximum atomic E-state index is 12.7. The third-order valence-electron chi connectivity index (χ3n) is 5.11. The van der Waals surface area contributed by atoms with Crippen molar-refractivity contribution in [3.63, 3.8) is 0 Å². The normalized spacial score (nSPS) is 17.4. The van der Waals surface area contributed by atoms with Gasteiger partial charge in [-0.25, -0.2) is 9.99 Å². The molecular weight excluding hydrogens is 372 g/mol. The predicted octanol–water partition coefficient (Wildman–Crippen LogP) is 3.92. The zero-order chi connectivity index (χ0) is 19.3. The number of nitrogens with one attached hydrogen (secondary N) is 1. The molecule has 0 fully saturated rings. The molecule has 2 aromatic rings. The second-order valence-electron chi connectivity index (χ2n) is 7.24. The van der Waals surface area contributed by atoms with Crippen LogP contribution in [0.1, 0.15) is 54.7 Å². The molecule has 0 radical (unpaired) electrons. The lowest BCUT2D eigenvalue weighted by Gasteiger charge is -2.23. The van der Waals surface area contributed by atoms with E-state index in [9.17, 15) is 9.59 Å². The number of fused-ring (bicyclic) bond motifs is 1. The molecule has 146 valence electrons. The summed E-state index contributed by atoms with van der Waals surface area (Å²) in [4.78, 5) is 30.8. The fourth-order valence-corrected chi connectivity index (χ4v) is 4.62. The number of aryl methyl sites for hydroxylation is 2. The summed E-state index contributed by atoms with van der Waals surface area (Å²) >= 11 is 1.58. The highest BCUT2D eigenvalue weighted by atomic mass is 32.1. The van der Waals surface area contributed by atoms with E-state index in [1.165, 1.54) is 29.1 Å². The average Bonchev–Trinajstić information content (AvgIpc) is 3.05. The average molecular weight is 397 g/mol. The number of aromatic nitrogens is 1. The van der Waals surface area contributed by atoms with E-state index >= 15 is 0 Å². The molecule has 2 aliphatic rings. The van der Waals surface area contributed by atoms with Gasteiger partial charge in [-0.2, -0.15) is 5.10 Å². The zero-order valence-corrected chi connectivity index (χ0v) is 16.6. The lowest BCUT2D eigenvalue weighted by atomic mass is 10.0. The van der Waals surface area contributed by atoms with E-state index in [1.54, 1.807) is 11.3 Å². The molecule has 2 amide bonds. The summed E-state index contributed by atoms with van der Waals surface area (Å²) in [5, 5.41) is 9.28. The summed E-state index contributed by atoms with van der Waals surface area (Å²) < 4.78 is 0. The SMILES string of the molecule is O=C(Nc1nc2c(s1)CCCCCC2)C1=NN(Cc2ccccc2)C(=O)CC1. The number of carbonyl (C=O) groups excluding carboxylic acids is 2. The van der Waals surface area contributed by atoms with Gasteiger partial charge in [0, 0.05) is 17.7 Å². The minimum atomic E-state index is -0.257. The molecule has 28 heavy (non-hydrogen) atoms. The molecule has 1 N–H and O–H groups in total. The van der Waals surface area contributed by atoms with Crippen molar-refractivity contribution in [2.24, 2.45) is 5.10 Å². The minimum absolute atomic E-state index is 0.0578. The Labute approximate surface area is 168 Å². The Kier molecular flexibility index (Phi) is 5.81. The molecule has 0 unspecified atom stereocenters. The number of benzene rings is 1. The van der Waals surface area contributed by atoms with Crippen LogP contribution in [0.2, 0.25) is 0 Å². The van der Waals surface area contributed by atoms with Gasteiger partial charge in [0.2, 0.25) is 5.91 Å². The van der Waals surface area contributed by atoms with Crippen LogP contribution in [0.25, 0.3) is 0 Å². The maximum absolute atomic E-state index is 12.7. The van der Waals surface area contributed by atoms with Gasteiger partial charge >= 0.3 is 0 Å². The molecule has 1 aliphatic heterocycles. The van der Waals surface area contributed by atoms with E-state index in [4.69, 9.17) is 0 Å². The van der Waals surface area contributed by atoms with Gasteiger partial charge in [0.15, 0.2) is 5.13 Å². The van der Waals surface area contributed by atoms with Crippen molar-refractivity contribution in [2.45, 2.75) is 57.9 Å². The molecule has 1 aromatic carbocycles. The van der Waals surface area contributed by atoms with Crippen molar-refractivity contribution in [2.75, 3.05) is 5.32 Å². The van der Waals surface area contributed by atoms with Crippen LogP contribution < -0.4 is 5.32 Å². The molecule has 7 heteroatoms. The lowest BCUT2D eigenvalue weighted by molar-refractivity contribution is -0.132. The molecule has 0 saturated carbocycles. The van der Waals surface area contributed by atoms with Crippen LogP contribution >= 0.6 is 11.3 Å². The van der Waals surface area contributed by atoms with Crippen molar-refractivity contribution < 1.29 is 9.59 Å². The van der Waals surface area contributed by atoms with Crippen LogP contribution in [-0.4, -0.2) is 27.5 Å². The van der Waals surface area contributed by atoms with E-state index in [1.807, 2.05) is 30.3 Å². The minimum Gasteiger partial charge on any atom is -0.297 e. The zero-order valence-electron chi connectivity index (χ0n) is 15.8. The lowest BCUT2D eigenvalue weighted by Crippen LogP contribution is -2.36. The van der Waals surface area contributed by atoms with Gasteiger partial charge in [-0.05, 0) is 31.2 Å². The Bertz CT molecular complexity index is 866. The first-order chi connectivity index (χ1) is 13.7. The van der Waals surface area contributed by atoms with Crippen molar-refractivity contribution in [1.82, 2.24) is 9.99 Å². The number of hydrogen-bond acceptors (Lipinski definition) is 5. The molecule has 0 atom stereocenters. The summed E-state index contributed by atoms with van der Waals surface area (Å²) in [6.45, 7) is 0.377. The van der Waals surface area contributed by atoms with Crippen LogP contribution in [0.15, 0.2) is 35.4 Å². The monoisotopic (exact) mass is 396 g/mol. The highest BCUT2D eigenvalue weighted by Crippen LogP contribution is 2.28. The Balaban J connectivity index is 1.46. The summed E-state index contributed by atoms with van der Waals surface area (Å²) in [5.74, 6) is -0.315. The molecule has 2 heterocycles. The second kappa shape index (κ2) is 8.65. The van der Waals surface area contributed by atoms with E-state index in [2.05, 4.69) is 15.4 Å². The molecule has 1 aromatic heterocycles.